The zero-order valence-electron chi connectivity index (χ0n) is 15.0. The molecule has 1 N–H and O–H groups in total. The highest BCUT2D eigenvalue weighted by Gasteiger charge is 2.33. The number of carbonyl (C=O) groups excluding carboxylic acids is 1. The van der Waals surface area contributed by atoms with Crippen molar-refractivity contribution in [2.75, 3.05) is 19.6 Å². The first-order chi connectivity index (χ1) is 11.7. The number of piperidine rings is 1. The number of sulfonamides is 1. The molecule has 0 saturated carbocycles. The average Bonchev–Trinajstić information content (AvgIpc) is 3.01. The van der Waals surface area contributed by atoms with Gasteiger partial charge in [0.2, 0.25) is 5.91 Å². The van der Waals surface area contributed by atoms with E-state index in [4.69, 9.17) is 11.6 Å². The fourth-order valence-corrected chi connectivity index (χ4v) is 6.15. The zero-order valence-corrected chi connectivity index (χ0v) is 17.4. The maximum atomic E-state index is 12.6. The number of carbonyl (C=O) groups is 1. The Kier molecular flexibility index (Phi) is 7.31. The van der Waals surface area contributed by atoms with E-state index in [-0.39, 0.29) is 22.0 Å². The van der Waals surface area contributed by atoms with E-state index in [1.54, 1.807) is 12.1 Å². The third-order valence-electron chi connectivity index (χ3n) is 4.78. The van der Waals surface area contributed by atoms with Crippen LogP contribution in [0.1, 0.15) is 40.0 Å². The van der Waals surface area contributed by atoms with Crippen LogP contribution in [0.2, 0.25) is 4.34 Å². The summed E-state index contributed by atoms with van der Waals surface area (Å²) < 4.78 is 27.5. The van der Waals surface area contributed by atoms with E-state index in [2.05, 4.69) is 19.2 Å². The molecule has 0 radical (unpaired) electrons. The second-order valence-corrected chi connectivity index (χ2v) is 10.9. The molecule has 0 bridgehead atoms. The molecular weight excluding hydrogens is 380 g/mol. The van der Waals surface area contributed by atoms with E-state index in [0.29, 0.717) is 42.7 Å². The maximum absolute atomic E-state index is 12.6. The van der Waals surface area contributed by atoms with E-state index in [9.17, 15) is 13.2 Å². The van der Waals surface area contributed by atoms with Crippen LogP contribution in [0.15, 0.2) is 16.3 Å². The molecule has 0 unspecified atom stereocenters. The van der Waals surface area contributed by atoms with Crippen LogP contribution in [0.3, 0.4) is 0 Å². The summed E-state index contributed by atoms with van der Waals surface area (Å²) in [5.74, 6) is 0.771. The lowest BCUT2D eigenvalue weighted by molar-refractivity contribution is -0.126. The van der Waals surface area contributed by atoms with Crippen LogP contribution in [0.4, 0.5) is 0 Å². The highest BCUT2D eigenvalue weighted by molar-refractivity contribution is 7.91. The van der Waals surface area contributed by atoms with Gasteiger partial charge < -0.3 is 5.32 Å². The molecule has 5 nitrogen and oxygen atoms in total. The SMILES string of the molecule is CC(C)CCNC(=O)[C@H](C)C1CCN(S(=O)(=O)c2ccc(Cl)s2)CC1. The number of hydrogen-bond donors (Lipinski definition) is 1. The van der Waals surface area contributed by atoms with Gasteiger partial charge in [-0.05, 0) is 43.2 Å². The monoisotopic (exact) mass is 406 g/mol. The van der Waals surface area contributed by atoms with Gasteiger partial charge in [-0.1, -0.05) is 32.4 Å². The lowest BCUT2D eigenvalue weighted by Crippen LogP contribution is -2.42. The van der Waals surface area contributed by atoms with Crippen molar-refractivity contribution in [1.82, 2.24) is 9.62 Å². The number of amides is 1. The van der Waals surface area contributed by atoms with Gasteiger partial charge in [-0.2, -0.15) is 4.31 Å². The van der Waals surface area contributed by atoms with Crippen LogP contribution in [0.5, 0.6) is 0 Å². The molecular formula is C17H27ClN2O3S2. The Balaban J connectivity index is 1.87. The van der Waals surface area contributed by atoms with Crippen LogP contribution in [-0.4, -0.2) is 38.3 Å². The van der Waals surface area contributed by atoms with Crippen LogP contribution >= 0.6 is 22.9 Å². The molecule has 1 fully saturated rings. The molecule has 8 heteroatoms. The first-order valence-electron chi connectivity index (χ1n) is 8.75. The number of halogens is 1. The summed E-state index contributed by atoms with van der Waals surface area (Å²) >= 11 is 6.94. The third-order valence-corrected chi connectivity index (χ3v) is 8.38. The molecule has 0 aliphatic carbocycles. The van der Waals surface area contributed by atoms with Crippen LogP contribution in [0.25, 0.3) is 0 Å². The van der Waals surface area contributed by atoms with Gasteiger partial charge in [0.25, 0.3) is 10.0 Å². The van der Waals surface area contributed by atoms with Gasteiger partial charge in [-0.3, -0.25) is 4.79 Å². The summed E-state index contributed by atoms with van der Waals surface area (Å²) in [6.45, 7) is 7.81. The number of thiophene rings is 1. The van der Waals surface area contributed by atoms with E-state index in [1.807, 2.05) is 6.92 Å². The predicted octanol–water partition coefficient (Wildman–Crippen LogP) is 3.60. The molecule has 0 aromatic carbocycles. The Morgan fingerprint density at radius 3 is 2.48 bits per heavy atom. The Morgan fingerprint density at radius 1 is 1.32 bits per heavy atom. The smallest absolute Gasteiger partial charge is 0.252 e. The van der Waals surface area contributed by atoms with E-state index in [1.165, 1.54) is 4.31 Å². The normalized spacial score (nSPS) is 18.4. The van der Waals surface area contributed by atoms with Crippen molar-refractivity contribution in [1.29, 1.82) is 0 Å². The van der Waals surface area contributed by atoms with Crippen LogP contribution < -0.4 is 5.32 Å². The summed E-state index contributed by atoms with van der Waals surface area (Å²) in [5, 5.41) is 3.00. The minimum atomic E-state index is -3.47. The van der Waals surface area contributed by atoms with Crippen LogP contribution in [0, 0.1) is 17.8 Å². The molecule has 1 aliphatic heterocycles. The van der Waals surface area contributed by atoms with Gasteiger partial charge >= 0.3 is 0 Å². The Labute approximate surface area is 159 Å². The molecule has 142 valence electrons. The second-order valence-electron chi connectivity index (χ2n) is 7.06. The third kappa shape index (κ3) is 5.42. The summed E-state index contributed by atoms with van der Waals surface area (Å²) in [6.07, 6.45) is 2.38. The van der Waals surface area contributed by atoms with Gasteiger partial charge in [0, 0.05) is 25.6 Å². The van der Waals surface area contributed by atoms with Crippen molar-refractivity contribution in [3.63, 3.8) is 0 Å². The van der Waals surface area contributed by atoms with Crippen molar-refractivity contribution in [3.8, 4) is 0 Å². The van der Waals surface area contributed by atoms with Gasteiger partial charge in [-0.15, -0.1) is 11.3 Å². The minimum Gasteiger partial charge on any atom is -0.356 e. The Hall–Kier alpha value is -0.630. The Morgan fingerprint density at radius 2 is 1.96 bits per heavy atom. The zero-order chi connectivity index (χ0) is 18.6. The Bertz CT molecular complexity index is 680. The molecule has 0 spiro atoms. The minimum absolute atomic E-state index is 0.0759. The molecule has 1 aromatic heterocycles. The summed E-state index contributed by atoms with van der Waals surface area (Å²) in [7, 11) is -3.47. The number of nitrogens with one attached hydrogen (secondary N) is 1. The fourth-order valence-electron chi connectivity index (χ4n) is 3.04. The molecule has 1 aromatic rings. The fraction of sp³-hybridized carbons (Fsp3) is 0.706. The first-order valence-corrected chi connectivity index (χ1v) is 11.4. The highest BCUT2D eigenvalue weighted by Crippen LogP contribution is 2.32. The summed E-state index contributed by atoms with van der Waals surface area (Å²) in [6, 6.07) is 3.16. The predicted molar refractivity (Wildman–Crippen MR) is 102 cm³/mol. The molecule has 2 rings (SSSR count). The van der Waals surface area contributed by atoms with Crippen molar-refractivity contribution in [2.45, 2.75) is 44.2 Å². The van der Waals surface area contributed by atoms with Gasteiger partial charge in [-0.25, -0.2) is 8.42 Å². The van der Waals surface area contributed by atoms with E-state index >= 15 is 0 Å². The molecule has 1 atom stereocenters. The quantitative estimate of drug-likeness (QED) is 0.752. The van der Waals surface area contributed by atoms with Crippen molar-refractivity contribution in [3.05, 3.63) is 16.5 Å². The van der Waals surface area contributed by atoms with Gasteiger partial charge in [0.1, 0.15) is 4.21 Å². The topological polar surface area (TPSA) is 66.5 Å². The molecule has 2 heterocycles. The van der Waals surface area contributed by atoms with Crippen LogP contribution in [-0.2, 0) is 14.8 Å². The standard InChI is InChI=1S/C17H27ClN2O3S2/c1-12(2)6-9-19-17(21)13(3)14-7-10-20(11-8-14)25(22,23)16-5-4-15(18)24-16/h4-5,12-14H,6-11H2,1-3H3,(H,19,21)/t13-/m1/s1. The lowest BCUT2D eigenvalue weighted by atomic mass is 9.85. The molecule has 1 saturated heterocycles. The second kappa shape index (κ2) is 8.84. The van der Waals surface area contributed by atoms with E-state index in [0.717, 1.165) is 17.8 Å². The summed E-state index contributed by atoms with van der Waals surface area (Å²) in [5.41, 5.74) is 0. The van der Waals surface area contributed by atoms with Crippen molar-refractivity contribution >= 4 is 38.9 Å². The lowest BCUT2D eigenvalue weighted by Gasteiger charge is -2.33. The molecule has 25 heavy (non-hydrogen) atoms. The largest absolute Gasteiger partial charge is 0.356 e. The first kappa shape index (κ1) is 20.7. The number of nitrogens with zero attached hydrogens (tertiary/aromatic N) is 1. The highest BCUT2D eigenvalue weighted by atomic mass is 35.5. The summed E-state index contributed by atoms with van der Waals surface area (Å²) in [4.78, 5) is 12.3. The molecule has 1 amide bonds. The number of rotatable bonds is 7. The van der Waals surface area contributed by atoms with Gasteiger partial charge in [0.05, 0.1) is 4.34 Å². The van der Waals surface area contributed by atoms with E-state index < -0.39 is 10.0 Å². The van der Waals surface area contributed by atoms with Crippen molar-refractivity contribution in [2.24, 2.45) is 17.8 Å². The number of hydrogen-bond acceptors (Lipinski definition) is 4. The van der Waals surface area contributed by atoms with Gasteiger partial charge in [0.15, 0.2) is 0 Å². The van der Waals surface area contributed by atoms with Crippen molar-refractivity contribution < 1.29 is 13.2 Å². The molecule has 1 aliphatic rings. The maximum Gasteiger partial charge on any atom is 0.252 e. The average molecular weight is 407 g/mol.